The van der Waals surface area contributed by atoms with E-state index in [-0.39, 0.29) is 5.91 Å². The van der Waals surface area contributed by atoms with Gasteiger partial charge in [-0.25, -0.2) is 4.98 Å². The lowest BCUT2D eigenvalue weighted by molar-refractivity contribution is 0.102. The molecule has 0 aliphatic heterocycles. The number of nitrogens with zero attached hydrogens (tertiary/aromatic N) is 2. The summed E-state index contributed by atoms with van der Waals surface area (Å²) >= 11 is 3.24. The van der Waals surface area contributed by atoms with E-state index in [1.54, 1.807) is 36.8 Å². The monoisotopic (exact) mass is 291 g/mol. The molecule has 0 bridgehead atoms. The van der Waals surface area contributed by atoms with Crippen LogP contribution < -0.4 is 5.32 Å². The van der Waals surface area contributed by atoms with Crippen LogP contribution in [0, 0.1) is 6.92 Å². The van der Waals surface area contributed by atoms with Crippen molar-refractivity contribution in [2.45, 2.75) is 6.92 Å². The smallest absolute Gasteiger partial charge is 0.258 e. The minimum atomic E-state index is -0.195. The zero-order chi connectivity index (χ0) is 12.3. The standard InChI is InChI=1S/C12H10BrN3O/c1-8-7-14-6-4-10(8)16-12(17)9-3-2-5-15-11(9)13/h2-7H,1H3,(H,14,16,17). The third-order valence-electron chi connectivity index (χ3n) is 2.27. The maximum absolute atomic E-state index is 12.0. The molecule has 0 unspecified atom stereocenters. The van der Waals surface area contributed by atoms with Crippen LogP contribution in [0.5, 0.6) is 0 Å². The van der Waals surface area contributed by atoms with Crippen molar-refractivity contribution in [2.24, 2.45) is 0 Å². The average molecular weight is 292 g/mol. The second kappa shape index (κ2) is 5.05. The van der Waals surface area contributed by atoms with Gasteiger partial charge in [-0.15, -0.1) is 0 Å². The Morgan fingerprint density at radius 2 is 2.18 bits per heavy atom. The molecular formula is C12H10BrN3O. The highest BCUT2D eigenvalue weighted by molar-refractivity contribution is 9.10. The van der Waals surface area contributed by atoms with E-state index in [1.807, 2.05) is 6.92 Å². The molecule has 2 heterocycles. The number of carbonyl (C=O) groups is 1. The van der Waals surface area contributed by atoms with Gasteiger partial charge in [-0.05, 0) is 46.6 Å². The number of hydrogen-bond donors (Lipinski definition) is 1. The molecule has 0 atom stereocenters. The summed E-state index contributed by atoms with van der Waals surface area (Å²) in [7, 11) is 0. The molecule has 0 saturated carbocycles. The summed E-state index contributed by atoms with van der Waals surface area (Å²) in [5, 5.41) is 2.82. The van der Waals surface area contributed by atoms with Crippen molar-refractivity contribution in [2.75, 3.05) is 5.32 Å². The lowest BCUT2D eigenvalue weighted by Gasteiger charge is -2.08. The minimum absolute atomic E-state index is 0.195. The van der Waals surface area contributed by atoms with Crippen molar-refractivity contribution in [3.8, 4) is 0 Å². The molecule has 0 spiro atoms. The van der Waals surface area contributed by atoms with Crippen LogP contribution in [0.15, 0.2) is 41.4 Å². The van der Waals surface area contributed by atoms with Crippen molar-refractivity contribution in [3.63, 3.8) is 0 Å². The van der Waals surface area contributed by atoms with Crippen LogP contribution in [-0.4, -0.2) is 15.9 Å². The summed E-state index contributed by atoms with van der Waals surface area (Å²) < 4.78 is 0.532. The van der Waals surface area contributed by atoms with Crippen LogP contribution in [0.25, 0.3) is 0 Å². The van der Waals surface area contributed by atoms with Gasteiger partial charge in [0.1, 0.15) is 4.60 Å². The molecule has 2 aromatic heterocycles. The fraction of sp³-hybridized carbons (Fsp3) is 0.0833. The number of pyridine rings is 2. The van der Waals surface area contributed by atoms with Crippen LogP contribution in [0.1, 0.15) is 15.9 Å². The first-order valence-electron chi connectivity index (χ1n) is 5.01. The number of hydrogen-bond acceptors (Lipinski definition) is 3. The first-order chi connectivity index (χ1) is 8.18. The van der Waals surface area contributed by atoms with Crippen molar-refractivity contribution in [1.82, 2.24) is 9.97 Å². The predicted octanol–water partition coefficient (Wildman–Crippen LogP) is 2.80. The van der Waals surface area contributed by atoms with Crippen molar-refractivity contribution in [1.29, 1.82) is 0 Å². The number of aryl methyl sites for hydroxylation is 1. The molecule has 5 heteroatoms. The Balaban J connectivity index is 2.24. The lowest BCUT2D eigenvalue weighted by atomic mass is 10.2. The SMILES string of the molecule is Cc1cnccc1NC(=O)c1cccnc1Br. The van der Waals surface area contributed by atoms with Crippen LogP contribution >= 0.6 is 15.9 Å². The van der Waals surface area contributed by atoms with E-state index < -0.39 is 0 Å². The maximum atomic E-state index is 12.0. The predicted molar refractivity (Wildman–Crippen MR) is 68.9 cm³/mol. The molecule has 1 N–H and O–H groups in total. The van der Waals surface area contributed by atoms with Gasteiger partial charge in [-0.3, -0.25) is 9.78 Å². The Hall–Kier alpha value is -1.75. The zero-order valence-electron chi connectivity index (χ0n) is 9.14. The molecule has 86 valence electrons. The van der Waals surface area contributed by atoms with Gasteiger partial charge in [0, 0.05) is 24.3 Å². The lowest BCUT2D eigenvalue weighted by Crippen LogP contribution is -2.13. The van der Waals surface area contributed by atoms with Crippen LogP contribution in [0.3, 0.4) is 0 Å². The molecule has 0 aliphatic carbocycles. The Kier molecular flexibility index (Phi) is 3.49. The van der Waals surface area contributed by atoms with Crippen LogP contribution in [-0.2, 0) is 0 Å². The molecule has 17 heavy (non-hydrogen) atoms. The number of carbonyl (C=O) groups excluding carboxylic acids is 1. The topological polar surface area (TPSA) is 54.9 Å². The Labute approximate surface area is 107 Å². The maximum Gasteiger partial charge on any atom is 0.258 e. The molecule has 4 nitrogen and oxygen atoms in total. The van der Waals surface area contributed by atoms with Crippen molar-refractivity contribution < 1.29 is 4.79 Å². The number of nitrogens with one attached hydrogen (secondary N) is 1. The summed E-state index contributed by atoms with van der Waals surface area (Å²) in [4.78, 5) is 20.0. The fourth-order valence-corrected chi connectivity index (χ4v) is 1.79. The van der Waals surface area contributed by atoms with Gasteiger partial charge >= 0.3 is 0 Å². The number of aromatic nitrogens is 2. The van der Waals surface area contributed by atoms with E-state index in [9.17, 15) is 4.79 Å². The number of amides is 1. The van der Waals surface area contributed by atoms with E-state index in [1.165, 1.54) is 0 Å². The van der Waals surface area contributed by atoms with Gasteiger partial charge in [-0.1, -0.05) is 0 Å². The van der Waals surface area contributed by atoms with E-state index in [0.717, 1.165) is 11.3 Å². The minimum Gasteiger partial charge on any atom is -0.322 e. The largest absolute Gasteiger partial charge is 0.322 e. The van der Waals surface area contributed by atoms with Gasteiger partial charge in [0.15, 0.2) is 0 Å². The van der Waals surface area contributed by atoms with E-state index in [0.29, 0.717) is 10.2 Å². The molecule has 1 amide bonds. The van der Waals surface area contributed by atoms with E-state index in [4.69, 9.17) is 0 Å². The highest BCUT2D eigenvalue weighted by atomic mass is 79.9. The second-order valence-corrected chi connectivity index (χ2v) is 4.24. The fourth-order valence-electron chi connectivity index (χ4n) is 1.36. The number of halogens is 1. The first kappa shape index (κ1) is 11.7. The third kappa shape index (κ3) is 2.68. The summed E-state index contributed by atoms with van der Waals surface area (Å²) in [6.07, 6.45) is 4.97. The molecule has 0 saturated heterocycles. The van der Waals surface area contributed by atoms with Gasteiger partial charge < -0.3 is 5.32 Å². The summed E-state index contributed by atoms with van der Waals surface area (Å²) in [6, 6.07) is 5.19. The summed E-state index contributed by atoms with van der Waals surface area (Å²) in [5.41, 5.74) is 2.17. The molecule has 2 aromatic rings. The average Bonchev–Trinajstić information content (AvgIpc) is 2.32. The molecular weight excluding hydrogens is 282 g/mol. The molecule has 0 fully saturated rings. The quantitative estimate of drug-likeness (QED) is 0.866. The van der Waals surface area contributed by atoms with E-state index >= 15 is 0 Å². The zero-order valence-corrected chi connectivity index (χ0v) is 10.7. The van der Waals surface area contributed by atoms with Gasteiger partial charge in [-0.2, -0.15) is 0 Å². The Morgan fingerprint density at radius 3 is 2.88 bits per heavy atom. The third-order valence-corrected chi connectivity index (χ3v) is 2.90. The molecule has 0 radical (unpaired) electrons. The highest BCUT2D eigenvalue weighted by Gasteiger charge is 2.11. The van der Waals surface area contributed by atoms with Gasteiger partial charge in [0.05, 0.1) is 5.56 Å². The Bertz CT molecular complexity index is 557. The van der Waals surface area contributed by atoms with Crippen molar-refractivity contribution >= 4 is 27.5 Å². The highest BCUT2D eigenvalue weighted by Crippen LogP contribution is 2.17. The van der Waals surface area contributed by atoms with Gasteiger partial charge in [0.2, 0.25) is 0 Å². The number of rotatable bonds is 2. The summed E-state index contributed by atoms with van der Waals surface area (Å²) in [6.45, 7) is 1.89. The molecule has 0 aromatic carbocycles. The van der Waals surface area contributed by atoms with E-state index in [2.05, 4.69) is 31.2 Å². The van der Waals surface area contributed by atoms with Crippen LogP contribution in [0.4, 0.5) is 5.69 Å². The van der Waals surface area contributed by atoms with Gasteiger partial charge in [0.25, 0.3) is 5.91 Å². The Morgan fingerprint density at radius 1 is 1.35 bits per heavy atom. The second-order valence-electron chi connectivity index (χ2n) is 3.49. The molecule has 0 aliphatic rings. The first-order valence-corrected chi connectivity index (χ1v) is 5.80. The van der Waals surface area contributed by atoms with Crippen molar-refractivity contribution in [3.05, 3.63) is 52.5 Å². The number of anilines is 1. The normalized spacial score (nSPS) is 10.0. The molecule has 2 rings (SSSR count). The summed E-state index contributed by atoms with van der Waals surface area (Å²) in [5.74, 6) is -0.195. The van der Waals surface area contributed by atoms with Crippen LogP contribution in [0.2, 0.25) is 0 Å².